The molecule has 1 saturated carbocycles. The second-order valence-electron chi connectivity index (χ2n) is 6.52. The smallest absolute Gasteiger partial charge is 0.127 e. The Morgan fingerprint density at radius 1 is 1.33 bits per heavy atom. The van der Waals surface area contributed by atoms with Gasteiger partial charge in [0.25, 0.3) is 0 Å². The average molecular weight is 292 g/mol. The first-order chi connectivity index (χ1) is 10.1. The molecule has 3 heteroatoms. The van der Waals surface area contributed by atoms with Crippen LogP contribution in [0.3, 0.4) is 0 Å². The van der Waals surface area contributed by atoms with Crippen molar-refractivity contribution in [2.45, 2.75) is 71.6 Å². The van der Waals surface area contributed by atoms with E-state index in [1.165, 1.54) is 31.2 Å². The zero-order chi connectivity index (χ0) is 15.2. The van der Waals surface area contributed by atoms with Crippen LogP contribution in [0.4, 0.5) is 4.39 Å². The summed E-state index contributed by atoms with van der Waals surface area (Å²) in [5, 5.41) is 3.40. The van der Waals surface area contributed by atoms with Crippen LogP contribution in [-0.2, 0) is 13.1 Å². The summed E-state index contributed by atoms with van der Waals surface area (Å²) in [6.07, 6.45) is 4.95. The van der Waals surface area contributed by atoms with E-state index in [0.717, 1.165) is 25.2 Å². The van der Waals surface area contributed by atoms with Crippen molar-refractivity contribution in [2.24, 2.45) is 0 Å². The molecular formula is C18H29FN2. The van der Waals surface area contributed by atoms with Gasteiger partial charge in [-0.2, -0.15) is 0 Å². The van der Waals surface area contributed by atoms with Crippen molar-refractivity contribution < 1.29 is 4.39 Å². The zero-order valence-corrected chi connectivity index (χ0v) is 13.7. The Labute approximate surface area is 128 Å². The Morgan fingerprint density at radius 2 is 2.10 bits per heavy atom. The third-order valence-electron chi connectivity index (χ3n) is 4.06. The SMILES string of the molecule is CCCCN(Cc1cc(CNC(C)C)ccc1F)C1CC1. The fourth-order valence-electron chi connectivity index (χ4n) is 2.59. The molecule has 0 atom stereocenters. The molecule has 0 aromatic heterocycles. The van der Waals surface area contributed by atoms with E-state index in [-0.39, 0.29) is 5.82 Å². The van der Waals surface area contributed by atoms with Crippen molar-refractivity contribution in [1.29, 1.82) is 0 Å². The number of hydrogen-bond donors (Lipinski definition) is 1. The van der Waals surface area contributed by atoms with Crippen LogP contribution in [0.2, 0.25) is 0 Å². The molecule has 0 unspecified atom stereocenters. The Morgan fingerprint density at radius 3 is 2.71 bits per heavy atom. The number of halogens is 1. The van der Waals surface area contributed by atoms with Gasteiger partial charge in [0.15, 0.2) is 0 Å². The van der Waals surface area contributed by atoms with Gasteiger partial charge in [0.2, 0.25) is 0 Å². The molecule has 2 nitrogen and oxygen atoms in total. The molecule has 1 aliphatic rings. The molecule has 1 fully saturated rings. The van der Waals surface area contributed by atoms with Crippen LogP contribution in [0.5, 0.6) is 0 Å². The summed E-state index contributed by atoms with van der Waals surface area (Å²) in [6, 6.07) is 6.69. The second-order valence-corrected chi connectivity index (χ2v) is 6.52. The summed E-state index contributed by atoms with van der Waals surface area (Å²) < 4.78 is 14.1. The van der Waals surface area contributed by atoms with E-state index in [2.05, 4.69) is 31.0 Å². The van der Waals surface area contributed by atoms with Crippen LogP contribution >= 0.6 is 0 Å². The van der Waals surface area contributed by atoms with E-state index < -0.39 is 0 Å². The maximum atomic E-state index is 14.1. The normalized spacial score (nSPS) is 15.1. The van der Waals surface area contributed by atoms with Crippen LogP contribution in [-0.4, -0.2) is 23.5 Å². The van der Waals surface area contributed by atoms with Crippen molar-refractivity contribution in [1.82, 2.24) is 10.2 Å². The van der Waals surface area contributed by atoms with E-state index in [0.29, 0.717) is 12.1 Å². The lowest BCUT2D eigenvalue weighted by Crippen LogP contribution is -2.27. The van der Waals surface area contributed by atoms with E-state index in [4.69, 9.17) is 0 Å². The summed E-state index contributed by atoms with van der Waals surface area (Å²) in [5.41, 5.74) is 2.02. The van der Waals surface area contributed by atoms with Gasteiger partial charge in [-0.25, -0.2) is 4.39 Å². The minimum Gasteiger partial charge on any atom is -0.310 e. The first-order valence-corrected chi connectivity index (χ1v) is 8.35. The lowest BCUT2D eigenvalue weighted by atomic mass is 10.1. The van der Waals surface area contributed by atoms with Gasteiger partial charge in [-0.15, -0.1) is 0 Å². The fraction of sp³-hybridized carbons (Fsp3) is 0.667. The van der Waals surface area contributed by atoms with Gasteiger partial charge in [-0.3, -0.25) is 4.90 Å². The van der Waals surface area contributed by atoms with Crippen LogP contribution < -0.4 is 5.32 Å². The summed E-state index contributed by atoms with van der Waals surface area (Å²) in [5.74, 6) is -0.0644. The van der Waals surface area contributed by atoms with Crippen molar-refractivity contribution in [2.75, 3.05) is 6.54 Å². The first-order valence-electron chi connectivity index (χ1n) is 8.35. The third kappa shape index (κ3) is 5.40. The number of rotatable bonds is 9. The van der Waals surface area contributed by atoms with E-state index >= 15 is 0 Å². The number of unbranched alkanes of at least 4 members (excludes halogenated alkanes) is 1. The minimum atomic E-state index is -0.0644. The molecule has 0 saturated heterocycles. The first kappa shape index (κ1) is 16.4. The summed E-state index contributed by atoms with van der Waals surface area (Å²) in [7, 11) is 0. The second kappa shape index (κ2) is 7.90. The summed E-state index contributed by atoms with van der Waals surface area (Å²) in [6.45, 7) is 9.13. The van der Waals surface area contributed by atoms with Gasteiger partial charge >= 0.3 is 0 Å². The molecule has 0 heterocycles. The van der Waals surface area contributed by atoms with Crippen LogP contribution in [0.1, 0.15) is 57.6 Å². The molecule has 0 radical (unpaired) electrons. The van der Waals surface area contributed by atoms with Gasteiger partial charge in [-0.05, 0) is 37.4 Å². The maximum Gasteiger partial charge on any atom is 0.127 e. The molecule has 1 aliphatic carbocycles. The Balaban J connectivity index is 2.01. The Kier molecular flexibility index (Phi) is 6.19. The van der Waals surface area contributed by atoms with Crippen LogP contribution in [0, 0.1) is 5.82 Å². The molecule has 1 aromatic carbocycles. The molecule has 0 spiro atoms. The molecule has 1 N–H and O–H groups in total. The van der Waals surface area contributed by atoms with Gasteiger partial charge in [-0.1, -0.05) is 39.3 Å². The van der Waals surface area contributed by atoms with Crippen molar-refractivity contribution in [3.63, 3.8) is 0 Å². The predicted octanol–water partition coefficient (Wildman–Crippen LogP) is 4.09. The predicted molar refractivity (Wildman–Crippen MR) is 86.7 cm³/mol. The van der Waals surface area contributed by atoms with Crippen molar-refractivity contribution in [3.8, 4) is 0 Å². The van der Waals surface area contributed by atoms with Gasteiger partial charge in [0.05, 0.1) is 0 Å². The van der Waals surface area contributed by atoms with E-state index in [1.54, 1.807) is 6.07 Å². The lowest BCUT2D eigenvalue weighted by Gasteiger charge is -2.22. The average Bonchev–Trinajstić information content (AvgIpc) is 3.28. The highest BCUT2D eigenvalue weighted by atomic mass is 19.1. The molecule has 21 heavy (non-hydrogen) atoms. The van der Waals surface area contributed by atoms with Gasteiger partial charge < -0.3 is 5.32 Å². The summed E-state index contributed by atoms with van der Waals surface area (Å²) in [4.78, 5) is 2.46. The Bertz CT molecular complexity index is 441. The standard InChI is InChI=1S/C18H29FN2/c1-4-5-10-21(17-7-8-17)13-16-11-15(6-9-18(16)19)12-20-14(2)3/h6,9,11,14,17,20H,4-5,7-8,10,12-13H2,1-3H3. The highest BCUT2D eigenvalue weighted by Gasteiger charge is 2.28. The van der Waals surface area contributed by atoms with Crippen molar-refractivity contribution >= 4 is 0 Å². The maximum absolute atomic E-state index is 14.1. The number of benzene rings is 1. The number of nitrogens with zero attached hydrogens (tertiary/aromatic N) is 1. The van der Waals surface area contributed by atoms with Crippen LogP contribution in [0.15, 0.2) is 18.2 Å². The number of nitrogens with one attached hydrogen (secondary N) is 1. The quantitative estimate of drug-likeness (QED) is 0.737. The third-order valence-corrected chi connectivity index (χ3v) is 4.06. The zero-order valence-electron chi connectivity index (χ0n) is 13.7. The molecule has 2 rings (SSSR count). The van der Waals surface area contributed by atoms with E-state index in [1.807, 2.05) is 12.1 Å². The molecule has 118 valence electrons. The van der Waals surface area contributed by atoms with Crippen LogP contribution in [0.25, 0.3) is 0 Å². The molecule has 0 aliphatic heterocycles. The lowest BCUT2D eigenvalue weighted by molar-refractivity contribution is 0.247. The highest BCUT2D eigenvalue weighted by molar-refractivity contribution is 5.25. The van der Waals surface area contributed by atoms with Gasteiger partial charge in [0, 0.05) is 30.7 Å². The highest BCUT2D eigenvalue weighted by Crippen LogP contribution is 2.29. The fourth-order valence-corrected chi connectivity index (χ4v) is 2.59. The van der Waals surface area contributed by atoms with Gasteiger partial charge in [0.1, 0.15) is 5.82 Å². The topological polar surface area (TPSA) is 15.3 Å². The minimum absolute atomic E-state index is 0.0644. The molecule has 0 bridgehead atoms. The van der Waals surface area contributed by atoms with E-state index in [9.17, 15) is 4.39 Å². The largest absolute Gasteiger partial charge is 0.310 e. The molecular weight excluding hydrogens is 263 g/mol. The molecule has 0 amide bonds. The number of hydrogen-bond acceptors (Lipinski definition) is 2. The monoisotopic (exact) mass is 292 g/mol. The van der Waals surface area contributed by atoms with Crippen molar-refractivity contribution in [3.05, 3.63) is 35.1 Å². The Hall–Kier alpha value is -0.930. The molecule has 1 aromatic rings. The summed E-state index contributed by atoms with van der Waals surface area (Å²) >= 11 is 0.